The van der Waals surface area contributed by atoms with Crippen LogP contribution >= 0.6 is 0 Å². The number of carbonyl (C=O) groups is 2. The predicted octanol–water partition coefficient (Wildman–Crippen LogP) is 5.28. The fraction of sp³-hybridized carbons (Fsp3) is 0.577. The van der Waals surface area contributed by atoms with E-state index in [2.05, 4.69) is 38.0 Å². The molecule has 6 nitrogen and oxygen atoms in total. The van der Waals surface area contributed by atoms with Crippen LogP contribution in [0.5, 0.6) is 0 Å². The number of aromatic nitrogens is 1. The van der Waals surface area contributed by atoms with E-state index < -0.39 is 17.9 Å². The first-order valence-electron chi connectivity index (χ1n) is 11.6. The Hall–Kier alpha value is -2.63. The van der Waals surface area contributed by atoms with Crippen molar-refractivity contribution in [1.82, 2.24) is 10.3 Å². The van der Waals surface area contributed by atoms with Crippen LogP contribution in [-0.4, -0.2) is 30.1 Å². The highest BCUT2D eigenvalue weighted by molar-refractivity contribution is 5.99. The van der Waals surface area contributed by atoms with Gasteiger partial charge in [0.1, 0.15) is 0 Å². The first-order chi connectivity index (χ1) is 15.2. The van der Waals surface area contributed by atoms with Crippen molar-refractivity contribution >= 4 is 11.9 Å². The molecule has 0 unspecified atom stereocenters. The van der Waals surface area contributed by atoms with Crippen LogP contribution in [0.2, 0.25) is 0 Å². The number of hydrogen-bond acceptors (Lipinski definition) is 6. The number of nitrogens with one attached hydrogen (secondary N) is 1. The summed E-state index contributed by atoms with van der Waals surface area (Å²) in [4.78, 5) is 30.5. The minimum absolute atomic E-state index is 0.352. The van der Waals surface area contributed by atoms with Crippen molar-refractivity contribution in [3.63, 3.8) is 0 Å². The van der Waals surface area contributed by atoms with Crippen LogP contribution in [0, 0.1) is 11.8 Å². The van der Waals surface area contributed by atoms with E-state index in [-0.39, 0.29) is 0 Å². The van der Waals surface area contributed by atoms with E-state index in [0.29, 0.717) is 47.6 Å². The predicted molar refractivity (Wildman–Crippen MR) is 126 cm³/mol. The maximum atomic E-state index is 13.1. The average molecular weight is 443 g/mol. The Morgan fingerprint density at radius 1 is 0.938 bits per heavy atom. The number of rotatable bonds is 11. The van der Waals surface area contributed by atoms with Crippen molar-refractivity contribution in [1.29, 1.82) is 0 Å². The quantitative estimate of drug-likeness (QED) is 0.371. The summed E-state index contributed by atoms with van der Waals surface area (Å²) in [6.07, 6.45) is 6.95. The monoisotopic (exact) mass is 442 g/mol. The van der Waals surface area contributed by atoms with Crippen LogP contribution in [0.4, 0.5) is 0 Å². The second kappa shape index (κ2) is 12.4. The second-order valence-corrected chi connectivity index (χ2v) is 9.27. The average Bonchev–Trinajstić information content (AvgIpc) is 2.73. The van der Waals surface area contributed by atoms with Gasteiger partial charge in [-0.25, -0.2) is 9.59 Å². The first-order valence-corrected chi connectivity index (χ1v) is 11.6. The van der Waals surface area contributed by atoms with Crippen LogP contribution in [0.1, 0.15) is 78.7 Å². The highest BCUT2D eigenvalue weighted by Gasteiger charge is 2.38. The summed E-state index contributed by atoms with van der Waals surface area (Å²) < 4.78 is 11.2. The van der Waals surface area contributed by atoms with Gasteiger partial charge in [-0.15, -0.1) is 0 Å². The molecule has 0 bridgehead atoms. The van der Waals surface area contributed by atoms with Crippen LogP contribution in [0.3, 0.4) is 0 Å². The fourth-order valence-electron chi connectivity index (χ4n) is 3.88. The SMILES string of the molecule is CC1=C(C(=O)OCCCC(C)C)C(c2cccnc2)C(C(=O)OCCCC(C)C)=C(C)N1. The molecule has 6 heteroatoms. The van der Waals surface area contributed by atoms with E-state index in [1.807, 2.05) is 19.9 Å². The summed E-state index contributed by atoms with van der Waals surface area (Å²) in [7, 11) is 0. The zero-order valence-electron chi connectivity index (χ0n) is 20.4. The summed E-state index contributed by atoms with van der Waals surface area (Å²) >= 11 is 0. The number of nitrogens with zero attached hydrogens (tertiary/aromatic N) is 1. The molecule has 1 aliphatic rings. The highest BCUT2D eigenvalue weighted by Crippen LogP contribution is 2.39. The summed E-state index contributed by atoms with van der Waals surface area (Å²) in [6, 6.07) is 3.68. The summed E-state index contributed by atoms with van der Waals surface area (Å²) in [6.45, 7) is 12.9. The molecule has 2 rings (SSSR count). The Kier molecular flexibility index (Phi) is 9.95. The molecule has 0 atom stereocenters. The number of hydrogen-bond donors (Lipinski definition) is 1. The third kappa shape index (κ3) is 7.21. The van der Waals surface area contributed by atoms with E-state index in [4.69, 9.17) is 9.47 Å². The van der Waals surface area contributed by atoms with E-state index in [0.717, 1.165) is 31.2 Å². The lowest BCUT2D eigenvalue weighted by atomic mass is 9.81. The van der Waals surface area contributed by atoms with E-state index in [1.54, 1.807) is 18.5 Å². The molecule has 0 aliphatic carbocycles. The molecule has 0 amide bonds. The molecule has 0 saturated carbocycles. The number of pyridine rings is 1. The molecule has 0 saturated heterocycles. The van der Waals surface area contributed by atoms with Gasteiger partial charge in [-0.3, -0.25) is 4.98 Å². The van der Waals surface area contributed by atoms with E-state index in [1.165, 1.54) is 0 Å². The molecule has 1 aromatic rings. The van der Waals surface area contributed by atoms with Crippen LogP contribution in [0.25, 0.3) is 0 Å². The number of ether oxygens (including phenoxy) is 2. The number of allylic oxidation sites excluding steroid dienone is 2. The minimum Gasteiger partial charge on any atom is -0.462 e. The van der Waals surface area contributed by atoms with Gasteiger partial charge in [0.2, 0.25) is 0 Å². The second-order valence-electron chi connectivity index (χ2n) is 9.27. The zero-order chi connectivity index (χ0) is 23.7. The van der Waals surface area contributed by atoms with Crippen molar-refractivity contribution in [3.8, 4) is 0 Å². The third-order valence-corrected chi connectivity index (χ3v) is 5.54. The molecule has 0 radical (unpaired) electrons. The Labute approximate surface area is 192 Å². The summed E-state index contributed by atoms with van der Waals surface area (Å²) in [5.41, 5.74) is 2.99. The lowest BCUT2D eigenvalue weighted by molar-refractivity contribution is -0.140. The lowest BCUT2D eigenvalue weighted by Crippen LogP contribution is -2.32. The molecular weight excluding hydrogens is 404 g/mol. The Balaban J connectivity index is 2.27. The fourth-order valence-corrected chi connectivity index (χ4v) is 3.88. The summed E-state index contributed by atoms with van der Waals surface area (Å²) in [5.74, 6) is -0.302. The topological polar surface area (TPSA) is 77.5 Å². The van der Waals surface area contributed by atoms with Gasteiger partial charge in [0, 0.05) is 23.8 Å². The Morgan fingerprint density at radius 2 is 1.44 bits per heavy atom. The van der Waals surface area contributed by atoms with Crippen molar-refractivity contribution in [2.24, 2.45) is 11.8 Å². The lowest BCUT2D eigenvalue weighted by Gasteiger charge is -2.30. The number of esters is 2. The number of carbonyl (C=O) groups excluding carboxylic acids is 2. The van der Waals surface area contributed by atoms with E-state index >= 15 is 0 Å². The molecule has 2 heterocycles. The zero-order valence-corrected chi connectivity index (χ0v) is 20.4. The Bertz CT molecular complexity index is 791. The Morgan fingerprint density at radius 3 is 1.84 bits per heavy atom. The van der Waals surface area contributed by atoms with Crippen molar-refractivity contribution in [2.75, 3.05) is 13.2 Å². The van der Waals surface area contributed by atoms with Crippen molar-refractivity contribution < 1.29 is 19.1 Å². The standard InChI is InChI=1S/C26H38N2O4/c1-17(2)10-8-14-31-25(29)22-19(5)28-20(6)23(24(22)21-12-7-13-27-16-21)26(30)32-15-9-11-18(3)4/h7,12-13,16-18,24,28H,8-11,14-15H2,1-6H3. The molecule has 1 N–H and O–H groups in total. The molecule has 176 valence electrons. The van der Waals surface area contributed by atoms with Gasteiger partial charge in [0.15, 0.2) is 0 Å². The summed E-state index contributed by atoms with van der Waals surface area (Å²) in [5, 5.41) is 3.20. The highest BCUT2D eigenvalue weighted by atomic mass is 16.5. The smallest absolute Gasteiger partial charge is 0.336 e. The van der Waals surface area contributed by atoms with Gasteiger partial charge in [0.25, 0.3) is 0 Å². The van der Waals surface area contributed by atoms with Gasteiger partial charge >= 0.3 is 11.9 Å². The largest absolute Gasteiger partial charge is 0.462 e. The minimum atomic E-state index is -0.583. The molecule has 32 heavy (non-hydrogen) atoms. The third-order valence-electron chi connectivity index (χ3n) is 5.54. The maximum absolute atomic E-state index is 13.1. The molecule has 0 aromatic carbocycles. The van der Waals surface area contributed by atoms with E-state index in [9.17, 15) is 9.59 Å². The van der Waals surface area contributed by atoms with Crippen LogP contribution in [-0.2, 0) is 19.1 Å². The molecule has 1 aliphatic heterocycles. The van der Waals surface area contributed by atoms with Crippen molar-refractivity contribution in [3.05, 3.63) is 52.6 Å². The first kappa shape index (κ1) is 25.6. The van der Waals surface area contributed by atoms with Crippen LogP contribution in [0.15, 0.2) is 47.1 Å². The maximum Gasteiger partial charge on any atom is 0.336 e. The normalized spacial score (nSPS) is 14.8. The van der Waals surface area contributed by atoms with Crippen LogP contribution < -0.4 is 5.32 Å². The van der Waals surface area contributed by atoms with Gasteiger partial charge in [-0.2, -0.15) is 0 Å². The molecule has 0 fully saturated rings. The van der Waals surface area contributed by atoms with Gasteiger partial charge in [-0.05, 0) is 63.0 Å². The molecule has 1 aromatic heterocycles. The van der Waals surface area contributed by atoms with Crippen molar-refractivity contribution in [2.45, 2.75) is 73.1 Å². The number of dihydropyridines is 1. The molecular formula is C26H38N2O4. The molecule has 0 spiro atoms. The van der Waals surface area contributed by atoms with Gasteiger partial charge in [-0.1, -0.05) is 33.8 Å². The van der Waals surface area contributed by atoms with Gasteiger partial charge < -0.3 is 14.8 Å². The van der Waals surface area contributed by atoms with Gasteiger partial charge in [0.05, 0.1) is 30.3 Å².